The first-order valence-electron chi connectivity index (χ1n) is 3.84. The van der Waals surface area contributed by atoms with Gasteiger partial charge in [-0.2, -0.15) is 0 Å². The highest BCUT2D eigenvalue weighted by atomic mass is 35.5. The van der Waals surface area contributed by atoms with Gasteiger partial charge in [0.25, 0.3) is 0 Å². The largest absolute Gasteiger partial charge is 0.344 e. The van der Waals surface area contributed by atoms with Crippen LogP contribution in [0.25, 0.3) is 11.2 Å². The maximum Gasteiger partial charge on any atom is 0.181 e. The van der Waals surface area contributed by atoms with Crippen LogP contribution >= 0.6 is 12.4 Å². The molecule has 78 valence electrons. The van der Waals surface area contributed by atoms with Gasteiger partial charge in [-0.25, -0.2) is 15.0 Å². The summed E-state index contributed by atoms with van der Waals surface area (Å²) < 4.78 is 0. The number of nitrogens with one attached hydrogen (secondary N) is 1. The maximum atomic E-state index is 4.23. The highest BCUT2D eigenvalue weighted by Crippen LogP contribution is 2.11. The topological polar surface area (TPSA) is 89.5 Å². The lowest BCUT2D eigenvalue weighted by molar-refractivity contribution is 1.04. The van der Waals surface area contributed by atoms with Crippen molar-refractivity contribution in [1.29, 1.82) is 0 Å². The first kappa shape index (κ1) is 12.8. The van der Waals surface area contributed by atoms with Crippen molar-refractivity contribution in [3.05, 3.63) is 17.3 Å². The minimum Gasteiger partial charge on any atom is -0.344 e. The minimum absolute atomic E-state index is 0. The van der Waals surface area contributed by atoms with Crippen LogP contribution in [-0.2, 0) is 0 Å². The average molecular weight is 216 g/mol. The van der Waals surface area contributed by atoms with Crippen LogP contribution in [0.4, 0.5) is 0 Å². The van der Waals surface area contributed by atoms with E-state index in [1.54, 1.807) is 0 Å². The molecule has 2 heterocycles. The fourth-order valence-electron chi connectivity index (χ4n) is 1.29. The Balaban J connectivity index is 0.000000845. The zero-order chi connectivity index (χ0) is 8.72. The van der Waals surface area contributed by atoms with Crippen LogP contribution in [0, 0.1) is 20.8 Å². The van der Waals surface area contributed by atoms with E-state index in [4.69, 9.17) is 0 Å². The zero-order valence-corrected chi connectivity index (χ0v) is 9.27. The molecule has 2 rings (SSSR count). The molecule has 0 fully saturated rings. The average Bonchev–Trinajstić information content (AvgIpc) is 2.29. The molecule has 0 aromatic carbocycles. The molecule has 2 aromatic heterocycles. The summed E-state index contributed by atoms with van der Waals surface area (Å²) in [7, 11) is 0. The molecule has 5 nitrogen and oxygen atoms in total. The number of hydrogen-bond donors (Lipinski definition) is 2. The zero-order valence-electron chi connectivity index (χ0n) is 8.46. The Morgan fingerprint density at radius 1 is 1.00 bits per heavy atom. The van der Waals surface area contributed by atoms with Crippen molar-refractivity contribution in [2.24, 2.45) is 0 Å². The standard InChI is InChI=1S/C8H10N4.ClH.H3N/c1-4-7-8(11-5(2)9-4)12-6(3)10-7;;/h1-3H3,(H,9,10,11,12);1H;1H3. The molecule has 0 saturated carbocycles. The first-order valence-corrected chi connectivity index (χ1v) is 3.84. The highest BCUT2D eigenvalue weighted by Gasteiger charge is 2.04. The molecular formula is C8H14ClN5. The molecule has 0 bridgehead atoms. The smallest absolute Gasteiger partial charge is 0.181 e. The Labute approximate surface area is 88.4 Å². The molecule has 0 aliphatic heterocycles. The van der Waals surface area contributed by atoms with Gasteiger partial charge in [0.05, 0.1) is 5.69 Å². The highest BCUT2D eigenvalue weighted by molar-refractivity contribution is 5.85. The molecular weight excluding hydrogens is 202 g/mol. The first-order chi connectivity index (χ1) is 5.66. The number of H-pyrrole nitrogens is 1. The van der Waals surface area contributed by atoms with E-state index in [1.807, 2.05) is 20.8 Å². The van der Waals surface area contributed by atoms with E-state index in [9.17, 15) is 0 Å². The van der Waals surface area contributed by atoms with Gasteiger partial charge in [0.1, 0.15) is 17.2 Å². The quantitative estimate of drug-likeness (QED) is 0.702. The third kappa shape index (κ3) is 2.00. The molecule has 0 spiro atoms. The lowest BCUT2D eigenvalue weighted by atomic mass is 10.4. The molecule has 0 amide bonds. The Morgan fingerprint density at radius 2 is 1.64 bits per heavy atom. The fourth-order valence-corrected chi connectivity index (χ4v) is 1.29. The van der Waals surface area contributed by atoms with Gasteiger partial charge < -0.3 is 11.1 Å². The summed E-state index contributed by atoms with van der Waals surface area (Å²) in [6, 6.07) is 0. The summed E-state index contributed by atoms with van der Waals surface area (Å²) in [5, 5.41) is 0. The van der Waals surface area contributed by atoms with Crippen molar-refractivity contribution in [3.63, 3.8) is 0 Å². The number of imidazole rings is 1. The number of halogens is 1. The molecule has 0 saturated heterocycles. The van der Waals surface area contributed by atoms with Gasteiger partial charge in [-0.15, -0.1) is 12.4 Å². The van der Waals surface area contributed by atoms with Gasteiger partial charge in [0.15, 0.2) is 5.65 Å². The molecule has 6 heteroatoms. The number of nitrogens with zero attached hydrogens (tertiary/aromatic N) is 3. The molecule has 14 heavy (non-hydrogen) atoms. The number of aromatic nitrogens is 4. The Morgan fingerprint density at radius 3 is 2.29 bits per heavy atom. The summed E-state index contributed by atoms with van der Waals surface area (Å²) >= 11 is 0. The summed E-state index contributed by atoms with van der Waals surface area (Å²) in [6.45, 7) is 5.74. The van der Waals surface area contributed by atoms with E-state index < -0.39 is 0 Å². The fraction of sp³-hybridized carbons (Fsp3) is 0.375. The van der Waals surface area contributed by atoms with Crippen molar-refractivity contribution in [2.75, 3.05) is 0 Å². The summed E-state index contributed by atoms with van der Waals surface area (Å²) in [6.07, 6.45) is 0. The number of aromatic amines is 1. The van der Waals surface area contributed by atoms with E-state index in [1.165, 1.54) is 0 Å². The Kier molecular flexibility index (Phi) is 3.97. The van der Waals surface area contributed by atoms with E-state index in [2.05, 4.69) is 19.9 Å². The van der Waals surface area contributed by atoms with Crippen LogP contribution < -0.4 is 6.15 Å². The van der Waals surface area contributed by atoms with Crippen LogP contribution in [0.3, 0.4) is 0 Å². The normalized spacial score (nSPS) is 9.36. The third-order valence-electron chi connectivity index (χ3n) is 1.76. The lowest BCUT2D eigenvalue weighted by Gasteiger charge is -1.94. The molecule has 0 atom stereocenters. The second-order valence-corrected chi connectivity index (χ2v) is 2.88. The number of hydrogen-bond acceptors (Lipinski definition) is 4. The summed E-state index contributed by atoms with van der Waals surface area (Å²) in [5.41, 5.74) is 2.66. The van der Waals surface area contributed by atoms with E-state index in [0.29, 0.717) is 0 Å². The van der Waals surface area contributed by atoms with Gasteiger partial charge in [0, 0.05) is 0 Å². The second-order valence-electron chi connectivity index (χ2n) is 2.88. The minimum atomic E-state index is 0. The van der Waals surface area contributed by atoms with Crippen LogP contribution in [-0.4, -0.2) is 19.9 Å². The van der Waals surface area contributed by atoms with Crippen LogP contribution in [0.5, 0.6) is 0 Å². The SMILES string of the molecule is Cc1nc(C)c2[nH]c(C)nc2n1.Cl.N. The monoisotopic (exact) mass is 215 g/mol. The van der Waals surface area contributed by atoms with Crippen molar-refractivity contribution in [1.82, 2.24) is 26.1 Å². The molecule has 0 unspecified atom stereocenters. The molecule has 0 radical (unpaired) electrons. The van der Waals surface area contributed by atoms with Gasteiger partial charge in [0.2, 0.25) is 0 Å². The van der Waals surface area contributed by atoms with Crippen molar-refractivity contribution < 1.29 is 0 Å². The number of rotatable bonds is 0. The van der Waals surface area contributed by atoms with Crippen molar-refractivity contribution in [3.8, 4) is 0 Å². The molecule has 4 N–H and O–H groups in total. The van der Waals surface area contributed by atoms with Crippen molar-refractivity contribution >= 4 is 23.6 Å². The van der Waals surface area contributed by atoms with E-state index in [-0.39, 0.29) is 18.6 Å². The molecule has 0 aliphatic rings. The predicted octanol–water partition coefficient (Wildman–Crippen LogP) is 1.86. The third-order valence-corrected chi connectivity index (χ3v) is 1.76. The lowest BCUT2D eigenvalue weighted by Crippen LogP contribution is -1.91. The molecule has 0 aliphatic carbocycles. The summed E-state index contributed by atoms with van der Waals surface area (Å²) in [4.78, 5) is 15.8. The summed E-state index contributed by atoms with van der Waals surface area (Å²) in [5.74, 6) is 1.65. The Bertz CT molecular complexity index is 436. The van der Waals surface area contributed by atoms with Gasteiger partial charge in [-0.1, -0.05) is 0 Å². The number of fused-ring (bicyclic) bond motifs is 1. The van der Waals surface area contributed by atoms with Crippen LogP contribution in [0.2, 0.25) is 0 Å². The Hall–Kier alpha value is -1.20. The van der Waals surface area contributed by atoms with Gasteiger partial charge in [-0.05, 0) is 20.8 Å². The second kappa shape index (κ2) is 4.34. The van der Waals surface area contributed by atoms with Crippen LogP contribution in [0.1, 0.15) is 17.3 Å². The van der Waals surface area contributed by atoms with E-state index >= 15 is 0 Å². The predicted molar refractivity (Wildman–Crippen MR) is 58.2 cm³/mol. The van der Waals surface area contributed by atoms with Crippen LogP contribution in [0.15, 0.2) is 0 Å². The van der Waals surface area contributed by atoms with Gasteiger partial charge >= 0.3 is 0 Å². The van der Waals surface area contributed by atoms with Crippen molar-refractivity contribution in [2.45, 2.75) is 20.8 Å². The molecule has 2 aromatic rings. The maximum absolute atomic E-state index is 4.23. The van der Waals surface area contributed by atoms with Gasteiger partial charge in [-0.3, -0.25) is 0 Å². The van der Waals surface area contributed by atoms with E-state index in [0.717, 1.165) is 28.5 Å². The number of aryl methyl sites for hydroxylation is 3.